The number of carbonyl (C=O) groups is 4. The lowest BCUT2D eigenvalue weighted by Gasteiger charge is -2.63. The molecule has 0 aromatic carbocycles. The second kappa shape index (κ2) is 6.32. The highest BCUT2D eigenvalue weighted by Crippen LogP contribution is 2.75. The summed E-state index contributed by atoms with van der Waals surface area (Å²) < 4.78 is 24.9. The van der Waals surface area contributed by atoms with Crippen LogP contribution in [-0.2, 0) is 38.1 Å². The van der Waals surface area contributed by atoms with Gasteiger partial charge in [0.05, 0.1) is 35.9 Å². The van der Waals surface area contributed by atoms with Crippen LogP contribution in [0.4, 0.5) is 0 Å². The first-order chi connectivity index (χ1) is 17.8. The summed E-state index contributed by atoms with van der Waals surface area (Å²) in [5.41, 5.74) is -7.27. The highest BCUT2D eigenvalue weighted by Gasteiger charge is 2.93. The van der Waals surface area contributed by atoms with Gasteiger partial charge in [0.15, 0.2) is 28.4 Å². The van der Waals surface area contributed by atoms with Crippen LogP contribution in [0.2, 0.25) is 0 Å². The number of esters is 2. The van der Waals surface area contributed by atoms with Crippen molar-refractivity contribution in [2.75, 3.05) is 6.61 Å². The average molecular weight is 527 g/mol. The van der Waals surface area contributed by atoms with Gasteiger partial charge < -0.3 is 29.2 Å². The number of aliphatic hydroxyl groups excluding tert-OH is 1. The zero-order chi connectivity index (χ0) is 26.8. The van der Waals surface area contributed by atoms with Crippen LogP contribution in [0.15, 0.2) is 23.8 Å². The number of hydrogen-bond acceptors (Lipinski definition) is 10. The maximum absolute atomic E-state index is 14.9. The molecule has 5 aliphatic heterocycles. The van der Waals surface area contributed by atoms with Crippen molar-refractivity contribution in [3.63, 3.8) is 0 Å². The van der Waals surface area contributed by atoms with E-state index in [1.165, 1.54) is 6.08 Å². The van der Waals surface area contributed by atoms with Crippen LogP contribution < -0.4 is 0 Å². The summed E-state index contributed by atoms with van der Waals surface area (Å²) >= 11 is 0. The SMILES string of the molecule is C[C@]12C(=O)C=CCC1=C[C@@H](O)[C@@H]1[C@@H]2CC[C@]2(O)C(=O)O[C@@]3(C)[C@H]4C[C@]5(C)[C@@H](CO[C@]16O[C@@]32[C@H]5C6=O)C(=O)O4. The Kier molecular flexibility index (Phi) is 3.91. The van der Waals surface area contributed by atoms with Crippen LogP contribution >= 0.6 is 0 Å². The molecule has 12 atom stereocenters. The minimum atomic E-state index is -2.26. The fourth-order valence-corrected chi connectivity index (χ4v) is 10.0. The number of ether oxygens (including phenoxy) is 4. The van der Waals surface area contributed by atoms with Crippen LogP contribution in [0.5, 0.6) is 0 Å². The van der Waals surface area contributed by atoms with Crippen molar-refractivity contribution in [3.8, 4) is 0 Å². The van der Waals surface area contributed by atoms with Crippen molar-refractivity contribution in [1.82, 2.24) is 0 Å². The van der Waals surface area contributed by atoms with Gasteiger partial charge in [0, 0.05) is 0 Å². The van der Waals surface area contributed by atoms with E-state index in [-0.39, 0.29) is 31.7 Å². The van der Waals surface area contributed by atoms with E-state index in [0.717, 1.165) is 5.57 Å². The topological polar surface area (TPSA) is 146 Å². The predicted octanol–water partition coefficient (Wildman–Crippen LogP) is 0.528. The van der Waals surface area contributed by atoms with E-state index in [2.05, 4.69) is 0 Å². The molecule has 0 unspecified atom stereocenters. The number of hydrogen-bond donors (Lipinski definition) is 2. The highest BCUT2D eigenvalue weighted by molar-refractivity contribution is 6.01. The van der Waals surface area contributed by atoms with Crippen molar-refractivity contribution in [2.24, 2.45) is 34.5 Å². The van der Waals surface area contributed by atoms with Gasteiger partial charge in [0.25, 0.3) is 0 Å². The molecule has 38 heavy (non-hydrogen) atoms. The van der Waals surface area contributed by atoms with Gasteiger partial charge in [-0.3, -0.25) is 14.4 Å². The molecule has 202 valence electrons. The monoisotopic (exact) mass is 526 g/mol. The second-order valence-electron chi connectivity index (χ2n) is 13.2. The van der Waals surface area contributed by atoms with Gasteiger partial charge in [-0.1, -0.05) is 24.6 Å². The zero-order valence-electron chi connectivity index (χ0n) is 21.4. The molecule has 5 saturated heterocycles. The van der Waals surface area contributed by atoms with Crippen LogP contribution in [0, 0.1) is 34.5 Å². The predicted molar refractivity (Wildman–Crippen MR) is 124 cm³/mol. The third kappa shape index (κ3) is 2.00. The number of aliphatic hydroxyl groups is 2. The first-order valence-electron chi connectivity index (χ1n) is 13.5. The average Bonchev–Trinajstić information content (AvgIpc) is 3.17. The molecule has 10 nitrogen and oxygen atoms in total. The number of fused-ring (bicyclic) bond motifs is 5. The molecule has 5 heterocycles. The van der Waals surface area contributed by atoms with Crippen molar-refractivity contribution < 1.29 is 48.3 Å². The van der Waals surface area contributed by atoms with Crippen molar-refractivity contribution in [2.45, 2.75) is 81.3 Å². The van der Waals surface area contributed by atoms with Gasteiger partial charge in [-0.05, 0) is 56.9 Å². The van der Waals surface area contributed by atoms with Crippen LogP contribution in [-0.4, -0.2) is 75.1 Å². The molecule has 2 N–H and O–H groups in total. The van der Waals surface area contributed by atoms with E-state index in [1.54, 1.807) is 32.9 Å². The normalized spacial score (nSPS) is 59.2. The largest absolute Gasteiger partial charge is 0.458 e. The van der Waals surface area contributed by atoms with E-state index in [9.17, 15) is 29.4 Å². The Hall–Kier alpha value is -2.40. The summed E-state index contributed by atoms with van der Waals surface area (Å²) in [7, 11) is 0. The van der Waals surface area contributed by atoms with E-state index in [1.807, 2.05) is 0 Å². The Morgan fingerprint density at radius 3 is 2.63 bits per heavy atom. The molecule has 3 aliphatic carbocycles. The summed E-state index contributed by atoms with van der Waals surface area (Å²) in [6.45, 7) is 4.95. The number of ketones is 2. The summed E-state index contributed by atoms with van der Waals surface area (Å²) in [4.78, 5) is 55.3. The van der Waals surface area contributed by atoms with Crippen LogP contribution in [0.3, 0.4) is 0 Å². The second-order valence-corrected chi connectivity index (χ2v) is 13.2. The molecule has 8 rings (SSSR count). The lowest BCUT2D eigenvalue weighted by Crippen LogP contribution is -2.79. The van der Waals surface area contributed by atoms with E-state index in [4.69, 9.17) is 18.9 Å². The van der Waals surface area contributed by atoms with Gasteiger partial charge in [-0.15, -0.1) is 0 Å². The highest BCUT2D eigenvalue weighted by atomic mass is 16.8. The third-order valence-electron chi connectivity index (χ3n) is 12.0. The molecule has 5 bridgehead atoms. The smallest absolute Gasteiger partial charge is 0.342 e. The van der Waals surface area contributed by atoms with Gasteiger partial charge in [0.1, 0.15) is 6.10 Å². The molecule has 6 fully saturated rings. The lowest BCUT2D eigenvalue weighted by atomic mass is 9.46. The molecular formula is C28H30O10. The quantitative estimate of drug-likeness (QED) is 0.339. The fraction of sp³-hybridized carbons (Fsp3) is 0.714. The molecule has 0 aromatic rings. The third-order valence-corrected chi connectivity index (χ3v) is 12.0. The zero-order valence-corrected chi connectivity index (χ0v) is 21.4. The molecule has 10 heteroatoms. The van der Waals surface area contributed by atoms with Crippen molar-refractivity contribution >= 4 is 23.5 Å². The first kappa shape index (κ1) is 23.5. The lowest BCUT2D eigenvalue weighted by molar-refractivity contribution is -0.378. The molecule has 0 aromatic heterocycles. The first-order valence-corrected chi connectivity index (χ1v) is 13.5. The number of allylic oxidation sites excluding steroid dienone is 3. The molecule has 1 saturated carbocycles. The number of Topliss-reactive ketones (excluding diaryl/α,β-unsaturated/α-hetero) is 1. The van der Waals surface area contributed by atoms with Gasteiger partial charge in [-0.25, -0.2) is 4.79 Å². The number of carbonyl (C=O) groups excluding carboxylic acids is 4. The van der Waals surface area contributed by atoms with Crippen LogP contribution in [0.1, 0.15) is 46.5 Å². The maximum Gasteiger partial charge on any atom is 0.342 e. The number of rotatable bonds is 0. The summed E-state index contributed by atoms with van der Waals surface area (Å²) in [5.74, 6) is -8.00. The Morgan fingerprint density at radius 2 is 1.87 bits per heavy atom. The van der Waals surface area contributed by atoms with Gasteiger partial charge in [-0.2, -0.15) is 0 Å². The molecule has 0 amide bonds. The van der Waals surface area contributed by atoms with E-state index in [0.29, 0.717) is 6.42 Å². The van der Waals surface area contributed by atoms with Crippen molar-refractivity contribution in [1.29, 1.82) is 0 Å². The summed E-state index contributed by atoms with van der Waals surface area (Å²) in [6, 6.07) is 0. The molecular weight excluding hydrogens is 496 g/mol. The van der Waals surface area contributed by atoms with Gasteiger partial charge >= 0.3 is 11.9 Å². The standard InChI is InChI=1S/C28H30O10/c1-23-10-17-25(3)28-19(23)20(31)27(38-28,35-11-14(23)21(32)36-17)18-13(7-8-26(28,34)22(33)37-25)24(2)12(9-15(18)29)5-4-6-16(24)30/h4,6,9,13-15,17-19,29,34H,5,7-8,10-11H2,1-3H3/t13-,14-,15+,17+,18-,19-,23+,24-,25-,26-,27-,28-/m0/s1. The van der Waals surface area contributed by atoms with E-state index >= 15 is 0 Å². The maximum atomic E-state index is 14.9. The Bertz CT molecular complexity index is 1330. The molecule has 2 spiro atoms. The fourth-order valence-electron chi connectivity index (χ4n) is 10.0. The van der Waals surface area contributed by atoms with Crippen molar-refractivity contribution in [3.05, 3.63) is 23.8 Å². The Labute approximate surface area is 218 Å². The van der Waals surface area contributed by atoms with Gasteiger partial charge in [0.2, 0.25) is 5.79 Å². The van der Waals surface area contributed by atoms with E-state index < -0.39 is 87.0 Å². The van der Waals surface area contributed by atoms with Crippen LogP contribution in [0.25, 0.3) is 0 Å². The molecule has 0 radical (unpaired) electrons. The minimum Gasteiger partial charge on any atom is -0.458 e. The molecule has 8 aliphatic rings. The Morgan fingerprint density at radius 1 is 1.11 bits per heavy atom. The minimum absolute atomic E-state index is 0.137. The summed E-state index contributed by atoms with van der Waals surface area (Å²) in [5, 5.41) is 24.0. The summed E-state index contributed by atoms with van der Waals surface area (Å²) in [6.07, 6.45) is 3.41. The Balaban J connectivity index is 1.45.